The summed E-state index contributed by atoms with van der Waals surface area (Å²) in [6, 6.07) is 7.89. The average molecular weight is 332 g/mol. The van der Waals surface area contributed by atoms with Crippen LogP contribution in [0.15, 0.2) is 24.3 Å². The minimum atomic E-state index is -0.828. The molecule has 0 aliphatic carbocycles. The Morgan fingerprint density at radius 1 is 1.08 bits per heavy atom. The van der Waals surface area contributed by atoms with Crippen molar-refractivity contribution < 1.29 is 19.5 Å². The number of nitrogens with zero attached hydrogens (tertiary/aromatic N) is 1. The highest BCUT2D eigenvalue weighted by Gasteiger charge is 2.19. The molecule has 0 aromatic heterocycles. The van der Waals surface area contributed by atoms with Gasteiger partial charge in [-0.1, -0.05) is 24.3 Å². The number of hydrogen-bond donors (Lipinski definition) is 2. The van der Waals surface area contributed by atoms with E-state index < -0.39 is 5.97 Å². The second kappa shape index (κ2) is 9.05. The maximum absolute atomic E-state index is 11.7. The van der Waals surface area contributed by atoms with Gasteiger partial charge >= 0.3 is 5.97 Å². The number of hydrogen-bond acceptors (Lipinski definition) is 3. The summed E-state index contributed by atoms with van der Waals surface area (Å²) in [5.74, 6) is -0.674. The van der Waals surface area contributed by atoms with Crippen LogP contribution in [0.5, 0.6) is 0 Å². The van der Waals surface area contributed by atoms with E-state index >= 15 is 0 Å². The normalized spacial score (nSPS) is 14.0. The number of carbonyl (C=O) groups excluding carboxylic acids is 2. The number of unbranched alkanes of at least 4 members (excludes halogenated alkanes) is 1. The Bertz CT molecular complexity index is 583. The molecule has 1 fully saturated rings. The van der Waals surface area contributed by atoms with E-state index in [1.807, 2.05) is 29.2 Å². The first-order valence-electron chi connectivity index (χ1n) is 8.38. The van der Waals surface area contributed by atoms with E-state index in [9.17, 15) is 14.4 Å². The van der Waals surface area contributed by atoms with Crippen molar-refractivity contribution in [1.82, 2.24) is 10.2 Å². The lowest BCUT2D eigenvalue weighted by atomic mass is 10.1. The Hall–Kier alpha value is -2.37. The summed E-state index contributed by atoms with van der Waals surface area (Å²) in [5, 5.41) is 11.4. The molecule has 24 heavy (non-hydrogen) atoms. The van der Waals surface area contributed by atoms with Crippen LogP contribution in [0, 0.1) is 0 Å². The predicted molar refractivity (Wildman–Crippen MR) is 89.0 cm³/mol. The second-order valence-electron chi connectivity index (χ2n) is 6.11. The molecule has 1 aliphatic heterocycles. The van der Waals surface area contributed by atoms with Gasteiger partial charge in [-0.2, -0.15) is 0 Å². The zero-order valence-electron chi connectivity index (χ0n) is 13.8. The molecule has 1 saturated heterocycles. The average Bonchev–Trinajstić information content (AvgIpc) is 2.96. The number of rotatable bonds is 9. The van der Waals surface area contributed by atoms with E-state index in [1.165, 1.54) is 0 Å². The minimum absolute atomic E-state index is 0.0628. The molecule has 1 aromatic carbocycles. The molecule has 0 saturated carbocycles. The quantitative estimate of drug-likeness (QED) is 0.678. The van der Waals surface area contributed by atoms with Gasteiger partial charge < -0.3 is 15.3 Å². The SMILES string of the molecule is O=C(O)CCCCC(=O)NCc1ccc(CN2CCCC2=O)cc1. The summed E-state index contributed by atoms with van der Waals surface area (Å²) in [6.07, 6.45) is 3.15. The van der Waals surface area contributed by atoms with Crippen LogP contribution in [0.1, 0.15) is 49.7 Å². The van der Waals surface area contributed by atoms with Gasteiger partial charge in [-0.25, -0.2) is 0 Å². The zero-order chi connectivity index (χ0) is 17.4. The summed E-state index contributed by atoms with van der Waals surface area (Å²) >= 11 is 0. The van der Waals surface area contributed by atoms with E-state index in [0.29, 0.717) is 38.8 Å². The van der Waals surface area contributed by atoms with Gasteiger partial charge in [-0.05, 0) is 30.4 Å². The van der Waals surface area contributed by atoms with Gasteiger partial charge in [-0.15, -0.1) is 0 Å². The number of aliphatic carboxylic acids is 1. The summed E-state index contributed by atoms with van der Waals surface area (Å²) < 4.78 is 0. The van der Waals surface area contributed by atoms with E-state index in [4.69, 9.17) is 5.11 Å². The Labute approximate surface area is 141 Å². The smallest absolute Gasteiger partial charge is 0.303 e. The number of carboxylic acid groups (broad SMARTS) is 1. The van der Waals surface area contributed by atoms with Crippen molar-refractivity contribution >= 4 is 17.8 Å². The fourth-order valence-corrected chi connectivity index (χ4v) is 2.70. The molecule has 2 rings (SSSR count). The predicted octanol–water partition coefficient (Wildman–Crippen LogP) is 2.07. The summed E-state index contributed by atoms with van der Waals surface area (Å²) in [6.45, 7) is 1.94. The molecule has 0 spiro atoms. The lowest BCUT2D eigenvalue weighted by Gasteiger charge is -2.15. The third-order valence-corrected chi connectivity index (χ3v) is 4.10. The Morgan fingerprint density at radius 3 is 2.38 bits per heavy atom. The maximum atomic E-state index is 11.7. The van der Waals surface area contributed by atoms with E-state index in [-0.39, 0.29) is 18.2 Å². The van der Waals surface area contributed by atoms with Crippen LogP contribution in [-0.4, -0.2) is 34.3 Å². The van der Waals surface area contributed by atoms with E-state index in [0.717, 1.165) is 24.1 Å². The molecule has 1 aliphatic rings. The maximum Gasteiger partial charge on any atom is 0.303 e. The molecule has 2 N–H and O–H groups in total. The highest BCUT2D eigenvalue weighted by molar-refractivity contribution is 5.78. The van der Waals surface area contributed by atoms with Crippen molar-refractivity contribution in [1.29, 1.82) is 0 Å². The molecular weight excluding hydrogens is 308 g/mol. The number of nitrogens with one attached hydrogen (secondary N) is 1. The van der Waals surface area contributed by atoms with Crippen LogP contribution < -0.4 is 5.32 Å². The van der Waals surface area contributed by atoms with E-state index in [1.54, 1.807) is 0 Å². The number of carbonyl (C=O) groups is 3. The molecule has 0 radical (unpaired) electrons. The van der Waals surface area contributed by atoms with Crippen LogP contribution in [0.2, 0.25) is 0 Å². The molecular formula is C18H24N2O4. The van der Waals surface area contributed by atoms with Crippen molar-refractivity contribution in [2.75, 3.05) is 6.54 Å². The van der Waals surface area contributed by atoms with Crippen LogP contribution >= 0.6 is 0 Å². The van der Waals surface area contributed by atoms with Gasteiger partial charge in [0.1, 0.15) is 0 Å². The van der Waals surface area contributed by atoms with Gasteiger partial charge in [-0.3, -0.25) is 14.4 Å². The zero-order valence-corrected chi connectivity index (χ0v) is 13.8. The van der Waals surface area contributed by atoms with Crippen molar-refractivity contribution in [3.63, 3.8) is 0 Å². The molecule has 0 bridgehead atoms. The molecule has 0 atom stereocenters. The molecule has 6 heteroatoms. The second-order valence-corrected chi connectivity index (χ2v) is 6.11. The minimum Gasteiger partial charge on any atom is -0.481 e. The molecule has 130 valence electrons. The monoisotopic (exact) mass is 332 g/mol. The Balaban J connectivity index is 1.68. The van der Waals surface area contributed by atoms with Crippen molar-refractivity contribution in [3.05, 3.63) is 35.4 Å². The molecule has 0 unspecified atom stereocenters. The third-order valence-electron chi connectivity index (χ3n) is 4.10. The molecule has 1 aromatic rings. The number of likely N-dealkylation sites (tertiary alicyclic amines) is 1. The number of amides is 2. The number of benzene rings is 1. The lowest BCUT2D eigenvalue weighted by Crippen LogP contribution is -2.24. The molecule has 1 heterocycles. The van der Waals surface area contributed by atoms with Crippen LogP contribution in [-0.2, 0) is 27.5 Å². The summed E-state index contributed by atoms with van der Waals surface area (Å²) in [5.41, 5.74) is 2.10. The summed E-state index contributed by atoms with van der Waals surface area (Å²) in [7, 11) is 0. The molecule has 6 nitrogen and oxygen atoms in total. The van der Waals surface area contributed by atoms with Crippen molar-refractivity contribution in [2.24, 2.45) is 0 Å². The first-order chi connectivity index (χ1) is 11.5. The van der Waals surface area contributed by atoms with Crippen molar-refractivity contribution in [2.45, 2.75) is 51.6 Å². The highest BCUT2D eigenvalue weighted by Crippen LogP contribution is 2.14. The van der Waals surface area contributed by atoms with Crippen LogP contribution in [0.3, 0.4) is 0 Å². The van der Waals surface area contributed by atoms with Gasteiger partial charge in [0.2, 0.25) is 11.8 Å². The van der Waals surface area contributed by atoms with E-state index in [2.05, 4.69) is 5.32 Å². The third kappa shape index (κ3) is 6.02. The molecule has 2 amide bonds. The van der Waals surface area contributed by atoms with Gasteiger partial charge in [0.25, 0.3) is 0 Å². The van der Waals surface area contributed by atoms with Gasteiger partial charge in [0, 0.05) is 38.9 Å². The van der Waals surface area contributed by atoms with Gasteiger partial charge in [0.05, 0.1) is 0 Å². The topological polar surface area (TPSA) is 86.7 Å². The Morgan fingerprint density at radius 2 is 1.75 bits per heavy atom. The van der Waals surface area contributed by atoms with Crippen LogP contribution in [0.25, 0.3) is 0 Å². The first-order valence-corrected chi connectivity index (χ1v) is 8.38. The Kier molecular flexibility index (Phi) is 6.78. The fourth-order valence-electron chi connectivity index (χ4n) is 2.70. The fraction of sp³-hybridized carbons (Fsp3) is 0.500. The highest BCUT2D eigenvalue weighted by atomic mass is 16.4. The van der Waals surface area contributed by atoms with Gasteiger partial charge in [0.15, 0.2) is 0 Å². The van der Waals surface area contributed by atoms with Crippen molar-refractivity contribution in [3.8, 4) is 0 Å². The van der Waals surface area contributed by atoms with Crippen LogP contribution in [0.4, 0.5) is 0 Å². The number of carboxylic acids is 1. The summed E-state index contributed by atoms with van der Waals surface area (Å²) in [4.78, 5) is 35.6. The lowest BCUT2D eigenvalue weighted by molar-refractivity contribution is -0.137. The first kappa shape index (κ1) is 18.0. The standard InChI is InChI=1S/C18H24N2O4/c21-16(4-1-2-6-18(23)24)19-12-14-7-9-15(10-8-14)13-20-11-3-5-17(20)22/h7-10H,1-6,11-13H2,(H,19,21)(H,23,24). The largest absolute Gasteiger partial charge is 0.481 e.